The van der Waals surface area contributed by atoms with E-state index in [1.54, 1.807) is 0 Å². The van der Waals surface area contributed by atoms with Crippen LogP contribution in [0.15, 0.2) is 255 Å². The molecule has 362 valence electrons. The van der Waals surface area contributed by atoms with Crippen LogP contribution in [-0.2, 0) is 16.2 Å². The van der Waals surface area contributed by atoms with Gasteiger partial charge in [-0.25, -0.2) is 0 Å². The highest BCUT2D eigenvalue weighted by Gasteiger charge is 2.52. The Morgan fingerprint density at radius 2 is 0.645 bits per heavy atom. The maximum Gasteiger partial charge on any atom is 0.132 e. The van der Waals surface area contributed by atoms with Crippen LogP contribution in [0, 0.1) is 0 Å². The molecule has 0 radical (unpaired) electrons. The fourth-order valence-corrected chi connectivity index (χ4v) is 13.9. The standard InChI is InChI=1S/C73H54N2O/c1-71(2)61-32-11-8-27-55(61)58-41-39-52(45-66(58)71)74(48-22-6-5-7-23-48)50-25-19-26-51(44-50)75(53-40-42-59-56-28-9-12-33-62(56)72(3,4)67(59)46-53)49-24-18-21-47(43-49)54-30-20-31-60-57-29-10-13-34-63(57)73(70(54)60)64-35-14-16-37-68(64)76-69-38-17-15-36-65(69)73/h5-46H,1-4H3. The van der Waals surface area contributed by atoms with Crippen LogP contribution >= 0.6 is 0 Å². The van der Waals surface area contributed by atoms with E-state index in [0.29, 0.717) is 0 Å². The van der Waals surface area contributed by atoms with Crippen molar-refractivity contribution in [2.45, 2.75) is 43.9 Å². The Labute approximate surface area is 445 Å². The first-order chi connectivity index (χ1) is 37.2. The van der Waals surface area contributed by atoms with E-state index < -0.39 is 5.41 Å². The predicted molar refractivity (Wildman–Crippen MR) is 314 cm³/mol. The Bertz CT molecular complexity index is 4140. The molecule has 11 aromatic rings. The monoisotopic (exact) mass is 974 g/mol. The lowest BCUT2D eigenvalue weighted by atomic mass is 9.64. The predicted octanol–water partition coefficient (Wildman–Crippen LogP) is 19.4. The lowest BCUT2D eigenvalue weighted by Crippen LogP contribution is -2.32. The van der Waals surface area contributed by atoms with Gasteiger partial charge in [-0.2, -0.15) is 0 Å². The van der Waals surface area contributed by atoms with Crippen LogP contribution in [0.2, 0.25) is 0 Å². The van der Waals surface area contributed by atoms with Crippen LogP contribution in [0.4, 0.5) is 34.1 Å². The number of ether oxygens (including phenoxy) is 1. The summed E-state index contributed by atoms with van der Waals surface area (Å²) in [4.78, 5) is 4.90. The Balaban J connectivity index is 0.934. The summed E-state index contributed by atoms with van der Waals surface area (Å²) in [6, 6.07) is 94.4. The highest BCUT2D eigenvalue weighted by Crippen LogP contribution is 2.64. The second-order valence-corrected chi connectivity index (χ2v) is 22.0. The summed E-state index contributed by atoms with van der Waals surface area (Å²) in [5, 5.41) is 0. The number of anilines is 6. The molecular formula is C73H54N2O. The van der Waals surface area contributed by atoms with Gasteiger partial charge >= 0.3 is 0 Å². The molecule has 76 heavy (non-hydrogen) atoms. The minimum Gasteiger partial charge on any atom is -0.457 e. The molecule has 0 atom stereocenters. The molecule has 1 spiro atoms. The van der Waals surface area contributed by atoms with Crippen molar-refractivity contribution >= 4 is 34.1 Å². The summed E-state index contributed by atoms with van der Waals surface area (Å²) in [6.45, 7) is 9.47. The number of fused-ring (bicyclic) bond motifs is 15. The summed E-state index contributed by atoms with van der Waals surface area (Å²) < 4.78 is 6.77. The largest absolute Gasteiger partial charge is 0.457 e. The van der Waals surface area contributed by atoms with Gasteiger partial charge in [0.2, 0.25) is 0 Å². The summed E-state index contributed by atoms with van der Waals surface area (Å²) >= 11 is 0. The average Bonchev–Trinajstić information content (AvgIpc) is 4.21. The minimum atomic E-state index is -0.616. The van der Waals surface area contributed by atoms with E-state index in [1.165, 1.54) is 72.3 Å². The number of para-hydroxylation sites is 3. The van der Waals surface area contributed by atoms with Crippen molar-refractivity contribution in [3.63, 3.8) is 0 Å². The third-order valence-corrected chi connectivity index (χ3v) is 17.3. The van der Waals surface area contributed by atoms with Gasteiger partial charge in [0, 0.05) is 56.1 Å². The molecule has 0 bridgehead atoms. The van der Waals surface area contributed by atoms with E-state index in [0.717, 1.165) is 62.3 Å². The molecule has 3 heteroatoms. The Kier molecular flexibility index (Phi) is 9.57. The van der Waals surface area contributed by atoms with Gasteiger partial charge in [0.25, 0.3) is 0 Å². The van der Waals surface area contributed by atoms with Gasteiger partial charge in [-0.15, -0.1) is 0 Å². The zero-order valence-corrected chi connectivity index (χ0v) is 43.1. The molecule has 0 unspecified atom stereocenters. The molecule has 1 aliphatic heterocycles. The van der Waals surface area contributed by atoms with E-state index in [9.17, 15) is 0 Å². The molecule has 0 amide bonds. The molecular weight excluding hydrogens is 921 g/mol. The maximum atomic E-state index is 6.77. The summed E-state index contributed by atoms with van der Waals surface area (Å²) in [7, 11) is 0. The van der Waals surface area contributed by atoms with E-state index in [4.69, 9.17) is 4.74 Å². The van der Waals surface area contributed by atoms with Crippen molar-refractivity contribution in [2.24, 2.45) is 0 Å². The van der Waals surface area contributed by atoms with Crippen molar-refractivity contribution < 1.29 is 4.74 Å². The summed E-state index contributed by atoms with van der Waals surface area (Å²) in [5.41, 5.74) is 25.9. The van der Waals surface area contributed by atoms with Gasteiger partial charge in [0.1, 0.15) is 11.5 Å². The molecule has 0 aromatic heterocycles. The molecule has 3 aliphatic carbocycles. The van der Waals surface area contributed by atoms with E-state index in [1.807, 2.05) is 0 Å². The lowest BCUT2D eigenvalue weighted by Gasteiger charge is -2.40. The Hall–Kier alpha value is -9.18. The van der Waals surface area contributed by atoms with Crippen LogP contribution in [0.25, 0.3) is 44.5 Å². The first-order valence-corrected chi connectivity index (χ1v) is 26.7. The van der Waals surface area contributed by atoms with Crippen LogP contribution in [0.3, 0.4) is 0 Å². The van der Waals surface area contributed by atoms with Crippen LogP contribution in [0.5, 0.6) is 11.5 Å². The second kappa shape index (κ2) is 16.4. The fourth-order valence-electron chi connectivity index (χ4n) is 13.9. The molecule has 0 fully saturated rings. The zero-order valence-electron chi connectivity index (χ0n) is 43.1. The molecule has 11 aromatic carbocycles. The Morgan fingerprint density at radius 3 is 1.22 bits per heavy atom. The summed E-state index contributed by atoms with van der Waals surface area (Å²) in [5.74, 6) is 1.77. The fraction of sp³-hybridized carbons (Fsp3) is 0.0959. The minimum absolute atomic E-state index is 0.145. The SMILES string of the molecule is CC1(C)c2ccccc2-c2ccc(N(c3ccccc3)c3cccc(N(c4cccc(-c5cccc6c5C5(c7ccccc7Oc7ccccc75)c5ccccc5-6)c4)c4ccc5c(c4)C(C)(C)c4ccccc4-5)c3)cc21. The molecule has 0 saturated heterocycles. The Morgan fingerprint density at radius 1 is 0.263 bits per heavy atom. The smallest absolute Gasteiger partial charge is 0.132 e. The van der Waals surface area contributed by atoms with Crippen LogP contribution in [0.1, 0.15) is 72.2 Å². The van der Waals surface area contributed by atoms with Crippen molar-refractivity contribution in [3.8, 4) is 56.0 Å². The third-order valence-electron chi connectivity index (χ3n) is 17.3. The van der Waals surface area contributed by atoms with E-state index >= 15 is 0 Å². The molecule has 15 rings (SSSR count). The third kappa shape index (κ3) is 6.23. The van der Waals surface area contributed by atoms with Crippen molar-refractivity contribution in [1.29, 1.82) is 0 Å². The first kappa shape index (κ1) is 44.3. The van der Waals surface area contributed by atoms with Crippen molar-refractivity contribution in [3.05, 3.63) is 299 Å². The molecule has 0 N–H and O–H groups in total. The van der Waals surface area contributed by atoms with Gasteiger partial charge < -0.3 is 14.5 Å². The number of benzene rings is 11. The second-order valence-electron chi connectivity index (χ2n) is 22.0. The van der Waals surface area contributed by atoms with Gasteiger partial charge in [-0.1, -0.05) is 204 Å². The molecule has 1 heterocycles. The number of hydrogen-bond acceptors (Lipinski definition) is 3. The van der Waals surface area contributed by atoms with E-state index in [2.05, 4.69) is 292 Å². The van der Waals surface area contributed by atoms with Gasteiger partial charge in [0.15, 0.2) is 0 Å². The maximum absolute atomic E-state index is 6.77. The number of hydrogen-bond donors (Lipinski definition) is 0. The van der Waals surface area contributed by atoms with Gasteiger partial charge in [0.05, 0.1) is 5.41 Å². The quantitative estimate of drug-likeness (QED) is 0.158. The van der Waals surface area contributed by atoms with Crippen molar-refractivity contribution in [2.75, 3.05) is 9.80 Å². The molecule has 0 saturated carbocycles. The molecule has 4 aliphatic rings. The van der Waals surface area contributed by atoms with Crippen LogP contribution < -0.4 is 14.5 Å². The lowest BCUT2D eigenvalue weighted by molar-refractivity contribution is 0.436. The number of nitrogens with zero attached hydrogens (tertiary/aromatic N) is 2. The highest BCUT2D eigenvalue weighted by atomic mass is 16.5. The topological polar surface area (TPSA) is 15.7 Å². The van der Waals surface area contributed by atoms with E-state index in [-0.39, 0.29) is 10.8 Å². The first-order valence-electron chi connectivity index (χ1n) is 26.7. The zero-order chi connectivity index (χ0) is 50.9. The normalized spacial score (nSPS) is 14.7. The van der Waals surface area contributed by atoms with Crippen molar-refractivity contribution in [1.82, 2.24) is 0 Å². The highest BCUT2D eigenvalue weighted by molar-refractivity contribution is 5.96. The van der Waals surface area contributed by atoms with Crippen LogP contribution in [-0.4, -0.2) is 0 Å². The molecule has 3 nitrogen and oxygen atoms in total. The van der Waals surface area contributed by atoms with Gasteiger partial charge in [-0.05, 0) is 157 Å². The van der Waals surface area contributed by atoms with Gasteiger partial charge in [-0.3, -0.25) is 0 Å². The summed E-state index contributed by atoms with van der Waals surface area (Å²) in [6.07, 6.45) is 0. The number of rotatable bonds is 7. The average molecular weight is 975 g/mol.